The molecule has 0 aliphatic carbocycles. The monoisotopic (exact) mass is 359 g/mol. The number of benzene rings is 1. The van der Waals surface area contributed by atoms with Crippen LogP contribution in [-0.2, 0) is 9.59 Å². The molecule has 0 radical (unpaired) electrons. The van der Waals surface area contributed by atoms with E-state index in [1.54, 1.807) is 26.0 Å². The van der Waals surface area contributed by atoms with Crippen LogP contribution in [0.1, 0.15) is 52.0 Å². The van der Waals surface area contributed by atoms with Crippen molar-refractivity contribution in [1.82, 2.24) is 15.0 Å². The van der Waals surface area contributed by atoms with Gasteiger partial charge in [-0.2, -0.15) is 4.98 Å². The van der Waals surface area contributed by atoms with Gasteiger partial charge in [-0.3, -0.25) is 9.59 Å². The molecule has 1 aromatic heterocycles. The lowest BCUT2D eigenvalue weighted by Crippen LogP contribution is -2.42. The summed E-state index contributed by atoms with van der Waals surface area (Å²) in [6, 6.07) is 5.37. The van der Waals surface area contributed by atoms with Crippen molar-refractivity contribution in [2.24, 2.45) is 5.41 Å². The second-order valence-corrected chi connectivity index (χ2v) is 7.19. The standard InChI is InChI=1S/C19H22FN3O3/c1-4-19(2,3)15(24)18(25)23-11-5-6-14(23)17-21-16(22-26-17)12-7-9-13(20)10-8-12/h7-10,14H,4-6,11H2,1-3H3. The van der Waals surface area contributed by atoms with Gasteiger partial charge in [0, 0.05) is 17.5 Å². The third-order valence-corrected chi connectivity index (χ3v) is 5.04. The number of carbonyl (C=O) groups is 2. The zero-order valence-electron chi connectivity index (χ0n) is 15.2. The molecule has 1 fully saturated rings. The molecule has 1 saturated heterocycles. The maximum atomic E-state index is 13.1. The largest absolute Gasteiger partial charge is 0.337 e. The molecule has 138 valence electrons. The van der Waals surface area contributed by atoms with Crippen LogP contribution in [0.4, 0.5) is 4.39 Å². The van der Waals surface area contributed by atoms with Gasteiger partial charge < -0.3 is 9.42 Å². The Hall–Kier alpha value is -2.57. The molecule has 0 N–H and O–H groups in total. The second-order valence-electron chi connectivity index (χ2n) is 7.19. The molecule has 0 bridgehead atoms. The average molecular weight is 359 g/mol. The fourth-order valence-electron chi connectivity index (χ4n) is 2.93. The molecule has 1 aliphatic heterocycles. The highest BCUT2D eigenvalue weighted by atomic mass is 19.1. The molecule has 1 amide bonds. The van der Waals surface area contributed by atoms with Crippen LogP contribution in [-0.4, -0.2) is 33.3 Å². The molecule has 2 heterocycles. The first-order chi connectivity index (χ1) is 12.3. The first kappa shape index (κ1) is 18.2. The number of nitrogens with zero attached hydrogens (tertiary/aromatic N) is 3. The summed E-state index contributed by atoms with van der Waals surface area (Å²) in [6.45, 7) is 5.93. The van der Waals surface area contributed by atoms with Crippen LogP contribution in [0.2, 0.25) is 0 Å². The molecule has 0 spiro atoms. The van der Waals surface area contributed by atoms with Crippen LogP contribution in [0, 0.1) is 11.2 Å². The molecular formula is C19H22FN3O3. The molecular weight excluding hydrogens is 337 g/mol. The van der Waals surface area contributed by atoms with E-state index in [-0.39, 0.29) is 5.82 Å². The molecule has 0 saturated carbocycles. The third-order valence-electron chi connectivity index (χ3n) is 5.04. The highest BCUT2D eigenvalue weighted by Gasteiger charge is 2.41. The minimum Gasteiger partial charge on any atom is -0.337 e. The quantitative estimate of drug-likeness (QED) is 0.763. The zero-order valence-corrected chi connectivity index (χ0v) is 15.2. The van der Waals surface area contributed by atoms with Gasteiger partial charge in [0.05, 0.1) is 0 Å². The minimum absolute atomic E-state index is 0.303. The van der Waals surface area contributed by atoms with E-state index in [2.05, 4.69) is 10.1 Å². The van der Waals surface area contributed by atoms with Gasteiger partial charge in [0.1, 0.15) is 11.9 Å². The number of aromatic nitrogens is 2. The van der Waals surface area contributed by atoms with Crippen molar-refractivity contribution >= 4 is 11.7 Å². The summed E-state index contributed by atoms with van der Waals surface area (Å²) in [5, 5.41) is 3.93. The van der Waals surface area contributed by atoms with Crippen LogP contribution >= 0.6 is 0 Å². The first-order valence-electron chi connectivity index (χ1n) is 8.78. The Morgan fingerprint density at radius 3 is 2.65 bits per heavy atom. The molecule has 1 unspecified atom stereocenters. The van der Waals surface area contributed by atoms with Crippen LogP contribution < -0.4 is 0 Å². The van der Waals surface area contributed by atoms with E-state index < -0.39 is 23.1 Å². The van der Waals surface area contributed by atoms with Gasteiger partial charge in [-0.25, -0.2) is 4.39 Å². The summed E-state index contributed by atoms with van der Waals surface area (Å²) in [5.41, 5.74) is -0.0707. The number of likely N-dealkylation sites (tertiary alicyclic amines) is 1. The molecule has 1 atom stereocenters. The number of rotatable bonds is 5. The molecule has 1 aliphatic rings. The molecule has 3 rings (SSSR count). The SMILES string of the molecule is CCC(C)(C)C(=O)C(=O)N1CCCC1c1nc(-c2ccc(F)cc2)no1. The summed E-state index contributed by atoms with van der Waals surface area (Å²) in [4.78, 5) is 31.1. The maximum absolute atomic E-state index is 13.1. The summed E-state index contributed by atoms with van der Waals surface area (Å²) < 4.78 is 18.4. The van der Waals surface area contributed by atoms with Crippen molar-refractivity contribution in [3.63, 3.8) is 0 Å². The van der Waals surface area contributed by atoms with Crippen LogP contribution in [0.25, 0.3) is 11.4 Å². The Balaban J connectivity index is 1.82. The summed E-state index contributed by atoms with van der Waals surface area (Å²) in [7, 11) is 0. The van der Waals surface area contributed by atoms with E-state index in [0.29, 0.717) is 36.7 Å². The third kappa shape index (κ3) is 3.38. The van der Waals surface area contributed by atoms with Crippen molar-refractivity contribution in [3.05, 3.63) is 36.0 Å². The smallest absolute Gasteiger partial charge is 0.291 e. The number of halogens is 1. The van der Waals surface area contributed by atoms with Crippen molar-refractivity contribution in [2.45, 2.75) is 46.1 Å². The number of ketones is 1. The number of carbonyl (C=O) groups excluding carboxylic acids is 2. The number of hydrogen-bond donors (Lipinski definition) is 0. The fourth-order valence-corrected chi connectivity index (χ4v) is 2.93. The Morgan fingerprint density at radius 1 is 1.31 bits per heavy atom. The maximum Gasteiger partial charge on any atom is 0.291 e. The van der Waals surface area contributed by atoms with Crippen molar-refractivity contribution in [1.29, 1.82) is 0 Å². The van der Waals surface area contributed by atoms with Crippen molar-refractivity contribution in [3.8, 4) is 11.4 Å². The van der Waals surface area contributed by atoms with Gasteiger partial charge in [0.2, 0.25) is 17.5 Å². The van der Waals surface area contributed by atoms with E-state index in [1.807, 2.05) is 6.92 Å². The first-order valence-corrected chi connectivity index (χ1v) is 8.78. The molecule has 6 nitrogen and oxygen atoms in total. The van der Waals surface area contributed by atoms with Crippen molar-refractivity contribution < 1.29 is 18.5 Å². The van der Waals surface area contributed by atoms with Crippen LogP contribution in [0.5, 0.6) is 0 Å². The summed E-state index contributed by atoms with van der Waals surface area (Å²) in [6.07, 6.45) is 2.02. The van der Waals surface area contributed by atoms with Gasteiger partial charge >= 0.3 is 0 Å². The Kier molecular flexibility index (Phi) is 4.89. The van der Waals surface area contributed by atoms with Gasteiger partial charge in [0.15, 0.2) is 0 Å². The van der Waals surface area contributed by atoms with E-state index in [4.69, 9.17) is 4.52 Å². The summed E-state index contributed by atoms with van der Waals surface area (Å²) in [5.74, 6) is -0.607. The topological polar surface area (TPSA) is 76.3 Å². The summed E-state index contributed by atoms with van der Waals surface area (Å²) >= 11 is 0. The van der Waals surface area contributed by atoms with Crippen molar-refractivity contribution in [2.75, 3.05) is 6.54 Å². The normalized spacial score (nSPS) is 17.5. The van der Waals surface area contributed by atoms with Gasteiger partial charge in [-0.1, -0.05) is 25.9 Å². The van der Waals surface area contributed by atoms with Gasteiger partial charge in [-0.15, -0.1) is 0 Å². The van der Waals surface area contributed by atoms with E-state index in [9.17, 15) is 14.0 Å². The van der Waals surface area contributed by atoms with Gasteiger partial charge in [-0.05, 0) is 43.5 Å². The minimum atomic E-state index is -0.696. The molecule has 7 heteroatoms. The Bertz CT molecular complexity index is 814. The zero-order chi connectivity index (χ0) is 18.9. The highest BCUT2D eigenvalue weighted by molar-refractivity contribution is 6.38. The van der Waals surface area contributed by atoms with Crippen LogP contribution in [0.15, 0.2) is 28.8 Å². The number of Topliss-reactive ketones (excluding diaryl/α,β-unsaturated/α-hetero) is 1. The lowest BCUT2D eigenvalue weighted by Gasteiger charge is -2.26. The fraction of sp³-hybridized carbons (Fsp3) is 0.474. The lowest BCUT2D eigenvalue weighted by molar-refractivity contribution is -0.150. The predicted octanol–water partition coefficient (Wildman–Crippen LogP) is 3.54. The van der Waals surface area contributed by atoms with E-state index >= 15 is 0 Å². The number of amides is 1. The van der Waals surface area contributed by atoms with E-state index in [0.717, 1.165) is 6.42 Å². The molecule has 2 aromatic rings. The lowest BCUT2D eigenvalue weighted by atomic mass is 9.84. The number of hydrogen-bond acceptors (Lipinski definition) is 5. The predicted molar refractivity (Wildman–Crippen MR) is 92.5 cm³/mol. The molecule has 1 aromatic carbocycles. The van der Waals surface area contributed by atoms with Gasteiger partial charge in [0.25, 0.3) is 5.91 Å². The molecule has 26 heavy (non-hydrogen) atoms. The van der Waals surface area contributed by atoms with Crippen LogP contribution in [0.3, 0.4) is 0 Å². The average Bonchev–Trinajstić information content (AvgIpc) is 3.30. The Morgan fingerprint density at radius 2 is 2.00 bits per heavy atom. The van der Waals surface area contributed by atoms with E-state index in [1.165, 1.54) is 17.0 Å². The second kappa shape index (κ2) is 6.97. The Labute approximate surface area is 151 Å². The highest BCUT2D eigenvalue weighted by Crippen LogP contribution is 2.34.